The highest BCUT2D eigenvalue weighted by molar-refractivity contribution is 6.04. The number of hydrogen-bond acceptors (Lipinski definition) is 4. The predicted molar refractivity (Wildman–Crippen MR) is 116 cm³/mol. The van der Waals surface area contributed by atoms with E-state index in [9.17, 15) is 15.1 Å². The van der Waals surface area contributed by atoms with Crippen LogP contribution in [0.15, 0.2) is 58.1 Å². The second-order valence-corrected chi connectivity index (χ2v) is 8.09. The van der Waals surface area contributed by atoms with Gasteiger partial charge in [-0.2, -0.15) is 0 Å². The summed E-state index contributed by atoms with van der Waals surface area (Å²) < 4.78 is 5.97. The van der Waals surface area contributed by atoms with Crippen LogP contribution in [-0.2, 0) is 24.1 Å². The van der Waals surface area contributed by atoms with Crippen LogP contribution >= 0.6 is 0 Å². The minimum atomic E-state index is -0.853. The lowest BCUT2D eigenvalue weighted by Gasteiger charge is -2.13. The molecular weight excluding hydrogens is 378 g/mol. The summed E-state index contributed by atoms with van der Waals surface area (Å²) in [5.74, 6) is -0.385. The molecule has 1 aromatic heterocycles. The van der Waals surface area contributed by atoms with Crippen LogP contribution in [0.5, 0.6) is 0 Å². The highest BCUT2D eigenvalue weighted by Crippen LogP contribution is 2.33. The minimum Gasteiger partial charge on any atom is -0.481 e. The van der Waals surface area contributed by atoms with Gasteiger partial charge in [0, 0.05) is 29.4 Å². The van der Waals surface area contributed by atoms with E-state index in [0.717, 1.165) is 55.3 Å². The number of benzene rings is 2. The Morgan fingerprint density at radius 2 is 1.93 bits per heavy atom. The molecule has 1 unspecified atom stereocenters. The summed E-state index contributed by atoms with van der Waals surface area (Å²) in [4.78, 5) is 11.8. The van der Waals surface area contributed by atoms with Crippen LogP contribution in [0.1, 0.15) is 54.6 Å². The maximum absolute atomic E-state index is 11.8. The molecule has 0 radical (unpaired) electrons. The standard InChI is InChI=1S/C25H27NO4/c27-25(28)19(10-5-4-9-17-7-2-1-3-8-17)15-22(26-29)18-13-14-21-20-11-6-12-23(20)30-24(21)16-18/h1-3,7-8,13-14,16,19,29H,4-6,9-12,15H2,(H,27,28). The molecule has 0 spiro atoms. The van der Waals surface area contributed by atoms with Crippen molar-refractivity contribution in [2.75, 3.05) is 0 Å². The summed E-state index contributed by atoms with van der Waals surface area (Å²) in [6, 6.07) is 16.0. The third-order valence-electron chi connectivity index (χ3n) is 6.06. The molecule has 156 valence electrons. The van der Waals surface area contributed by atoms with E-state index in [0.29, 0.717) is 17.7 Å². The lowest BCUT2D eigenvalue weighted by Crippen LogP contribution is -2.19. The van der Waals surface area contributed by atoms with Crippen LogP contribution in [0, 0.1) is 5.92 Å². The molecule has 0 aliphatic heterocycles. The van der Waals surface area contributed by atoms with Gasteiger partial charge in [0.1, 0.15) is 11.3 Å². The summed E-state index contributed by atoms with van der Waals surface area (Å²) in [6.07, 6.45) is 6.56. The summed E-state index contributed by atoms with van der Waals surface area (Å²) in [5, 5.41) is 23.8. The maximum atomic E-state index is 11.8. The smallest absolute Gasteiger partial charge is 0.306 e. The molecular formula is C25H27NO4. The largest absolute Gasteiger partial charge is 0.481 e. The van der Waals surface area contributed by atoms with E-state index in [1.165, 1.54) is 11.1 Å². The van der Waals surface area contributed by atoms with E-state index < -0.39 is 11.9 Å². The number of carboxylic acids is 1. The number of rotatable bonds is 9. The molecule has 1 heterocycles. The number of oxime groups is 1. The van der Waals surface area contributed by atoms with E-state index in [1.54, 1.807) is 0 Å². The number of furan rings is 1. The Morgan fingerprint density at radius 1 is 1.10 bits per heavy atom. The molecule has 30 heavy (non-hydrogen) atoms. The van der Waals surface area contributed by atoms with Gasteiger partial charge in [-0.1, -0.05) is 54.0 Å². The number of unbranched alkanes of at least 4 members (excludes halogenated alkanes) is 1. The summed E-state index contributed by atoms with van der Waals surface area (Å²) >= 11 is 0. The van der Waals surface area contributed by atoms with Crippen molar-refractivity contribution in [3.05, 3.63) is 71.0 Å². The summed E-state index contributed by atoms with van der Waals surface area (Å²) in [7, 11) is 0. The molecule has 3 aromatic rings. The number of aryl methyl sites for hydroxylation is 3. The highest BCUT2D eigenvalue weighted by Gasteiger charge is 2.23. The van der Waals surface area contributed by atoms with Crippen molar-refractivity contribution in [3.63, 3.8) is 0 Å². The fourth-order valence-electron chi connectivity index (χ4n) is 4.41. The van der Waals surface area contributed by atoms with Gasteiger partial charge < -0.3 is 14.7 Å². The first-order valence-electron chi connectivity index (χ1n) is 10.7. The fraction of sp³-hybridized carbons (Fsp3) is 0.360. The molecule has 5 heteroatoms. The molecule has 0 saturated carbocycles. The molecule has 5 nitrogen and oxygen atoms in total. The van der Waals surface area contributed by atoms with Crippen molar-refractivity contribution in [1.29, 1.82) is 0 Å². The topological polar surface area (TPSA) is 83.0 Å². The average molecular weight is 405 g/mol. The third-order valence-corrected chi connectivity index (χ3v) is 6.06. The van der Waals surface area contributed by atoms with Crippen molar-refractivity contribution in [2.24, 2.45) is 11.1 Å². The molecule has 2 N–H and O–H groups in total. The lowest BCUT2D eigenvalue weighted by molar-refractivity contribution is -0.141. The van der Waals surface area contributed by atoms with E-state index in [1.807, 2.05) is 36.4 Å². The first kappa shape index (κ1) is 20.2. The Balaban J connectivity index is 1.40. The SMILES string of the molecule is O=C(O)C(CCCCc1ccccc1)CC(=NO)c1ccc2c3c(oc2c1)CCC3. The first-order chi connectivity index (χ1) is 14.7. The second-order valence-electron chi connectivity index (χ2n) is 8.09. The molecule has 0 bridgehead atoms. The van der Waals surface area contributed by atoms with Gasteiger partial charge in [0.25, 0.3) is 0 Å². The number of hydrogen-bond donors (Lipinski definition) is 2. The van der Waals surface area contributed by atoms with Crippen LogP contribution in [0.2, 0.25) is 0 Å². The van der Waals surface area contributed by atoms with Crippen LogP contribution in [0.3, 0.4) is 0 Å². The maximum Gasteiger partial charge on any atom is 0.306 e. The molecule has 1 aliphatic carbocycles. The second kappa shape index (κ2) is 9.16. The Hall–Kier alpha value is -3.08. The fourth-order valence-corrected chi connectivity index (χ4v) is 4.41. The number of nitrogens with zero attached hydrogens (tertiary/aromatic N) is 1. The van der Waals surface area contributed by atoms with Gasteiger partial charge >= 0.3 is 5.97 Å². The number of aliphatic carboxylic acids is 1. The lowest BCUT2D eigenvalue weighted by atomic mass is 9.92. The Labute approximate surface area is 176 Å². The van der Waals surface area contributed by atoms with Gasteiger partial charge in [-0.05, 0) is 43.7 Å². The first-order valence-corrected chi connectivity index (χ1v) is 10.7. The predicted octanol–water partition coefficient (Wildman–Crippen LogP) is 5.60. The summed E-state index contributed by atoms with van der Waals surface area (Å²) in [5.41, 5.74) is 4.44. The third kappa shape index (κ3) is 4.40. The molecule has 0 fully saturated rings. The average Bonchev–Trinajstić information content (AvgIpc) is 3.34. The Morgan fingerprint density at radius 3 is 2.70 bits per heavy atom. The van der Waals surface area contributed by atoms with Crippen molar-refractivity contribution >= 4 is 22.7 Å². The zero-order valence-electron chi connectivity index (χ0n) is 17.0. The van der Waals surface area contributed by atoms with Gasteiger partial charge in [-0.15, -0.1) is 0 Å². The van der Waals surface area contributed by atoms with Crippen molar-refractivity contribution < 1.29 is 19.5 Å². The van der Waals surface area contributed by atoms with E-state index >= 15 is 0 Å². The Kier molecular flexibility index (Phi) is 6.17. The quantitative estimate of drug-likeness (QED) is 0.210. The van der Waals surface area contributed by atoms with Crippen LogP contribution < -0.4 is 0 Å². The monoisotopic (exact) mass is 405 g/mol. The van der Waals surface area contributed by atoms with Gasteiger partial charge in [-0.25, -0.2) is 0 Å². The molecule has 0 amide bonds. The van der Waals surface area contributed by atoms with Gasteiger partial charge in [0.15, 0.2) is 0 Å². The number of carbonyl (C=O) groups is 1. The zero-order valence-corrected chi connectivity index (χ0v) is 17.0. The highest BCUT2D eigenvalue weighted by atomic mass is 16.4. The van der Waals surface area contributed by atoms with Crippen LogP contribution in [-0.4, -0.2) is 22.0 Å². The van der Waals surface area contributed by atoms with E-state index in [2.05, 4.69) is 17.3 Å². The van der Waals surface area contributed by atoms with Crippen LogP contribution in [0.4, 0.5) is 0 Å². The molecule has 1 aliphatic rings. The van der Waals surface area contributed by atoms with E-state index in [-0.39, 0.29) is 6.42 Å². The van der Waals surface area contributed by atoms with E-state index in [4.69, 9.17) is 4.42 Å². The van der Waals surface area contributed by atoms with Gasteiger partial charge in [-0.3, -0.25) is 4.79 Å². The van der Waals surface area contributed by atoms with Crippen molar-refractivity contribution in [2.45, 2.75) is 51.4 Å². The zero-order chi connectivity index (χ0) is 20.9. The molecule has 0 saturated heterocycles. The van der Waals surface area contributed by atoms with Crippen LogP contribution in [0.25, 0.3) is 11.0 Å². The van der Waals surface area contributed by atoms with Gasteiger partial charge in [0.2, 0.25) is 0 Å². The molecule has 4 rings (SSSR count). The van der Waals surface area contributed by atoms with Gasteiger partial charge in [0.05, 0.1) is 11.6 Å². The Bertz CT molecular complexity index is 1050. The minimum absolute atomic E-state index is 0.198. The normalized spacial score (nSPS) is 14.7. The molecule has 2 aromatic carbocycles. The number of carboxylic acid groups (broad SMARTS) is 1. The van der Waals surface area contributed by atoms with Crippen molar-refractivity contribution in [1.82, 2.24) is 0 Å². The summed E-state index contributed by atoms with van der Waals surface area (Å²) in [6.45, 7) is 0. The van der Waals surface area contributed by atoms with Crippen molar-refractivity contribution in [3.8, 4) is 0 Å². The molecule has 1 atom stereocenters. The number of fused-ring (bicyclic) bond motifs is 3.